The number of likely N-dealkylation sites (tertiary alicyclic amines) is 1. The molecule has 1 saturated carbocycles. The van der Waals surface area contributed by atoms with Crippen molar-refractivity contribution in [3.63, 3.8) is 0 Å². The molecule has 1 aromatic rings. The summed E-state index contributed by atoms with van der Waals surface area (Å²) in [6, 6.07) is 9.41. The number of hydrogen-bond donors (Lipinski definition) is 0. The Labute approximate surface area is 141 Å². The van der Waals surface area contributed by atoms with Crippen LogP contribution in [0.15, 0.2) is 30.3 Å². The van der Waals surface area contributed by atoms with Gasteiger partial charge in [-0.2, -0.15) is 0 Å². The quantitative estimate of drug-likeness (QED) is 0.776. The molecule has 3 rings (SSSR count). The first-order valence-corrected chi connectivity index (χ1v) is 10.3. The lowest BCUT2D eigenvalue weighted by atomic mass is 9.84. The van der Waals surface area contributed by atoms with Crippen molar-refractivity contribution in [2.75, 3.05) is 12.3 Å². The molecule has 7 heteroatoms. The monoisotopic (exact) mass is 357 g/mol. The highest BCUT2D eigenvalue weighted by atomic mass is 35.7. The van der Waals surface area contributed by atoms with E-state index in [1.54, 1.807) is 4.90 Å². The third-order valence-corrected chi connectivity index (χ3v) is 6.23. The van der Waals surface area contributed by atoms with Gasteiger partial charge in [0.05, 0.1) is 5.75 Å². The molecular formula is C16H20ClNO4S. The summed E-state index contributed by atoms with van der Waals surface area (Å²) in [6.45, 7) is 0.758. The lowest BCUT2D eigenvalue weighted by molar-refractivity contribution is 0.0853. The Hall–Kier alpha value is -1.27. The van der Waals surface area contributed by atoms with Crippen molar-refractivity contribution >= 4 is 25.8 Å². The lowest BCUT2D eigenvalue weighted by Crippen LogP contribution is -2.42. The molecule has 0 N–H and O–H groups in total. The molecule has 1 heterocycles. The first-order valence-electron chi connectivity index (χ1n) is 7.79. The maximum Gasteiger partial charge on any atom is 0.410 e. The Morgan fingerprint density at radius 3 is 2.74 bits per heavy atom. The predicted molar refractivity (Wildman–Crippen MR) is 87.7 cm³/mol. The van der Waals surface area contributed by atoms with E-state index in [-0.39, 0.29) is 24.5 Å². The topological polar surface area (TPSA) is 63.7 Å². The van der Waals surface area contributed by atoms with E-state index in [2.05, 4.69) is 0 Å². The average Bonchev–Trinajstić information content (AvgIpc) is 3.02. The highest BCUT2D eigenvalue weighted by Gasteiger charge is 2.53. The van der Waals surface area contributed by atoms with Crippen LogP contribution in [0, 0.1) is 5.41 Å². The fraction of sp³-hybridized carbons (Fsp3) is 0.562. The molecule has 126 valence electrons. The van der Waals surface area contributed by atoms with Gasteiger partial charge in [-0.05, 0) is 24.8 Å². The van der Waals surface area contributed by atoms with Gasteiger partial charge < -0.3 is 9.64 Å². The van der Waals surface area contributed by atoms with E-state index < -0.39 is 14.5 Å². The third-order valence-electron chi connectivity index (χ3n) is 4.99. The van der Waals surface area contributed by atoms with Crippen LogP contribution in [0.4, 0.5) is 4.79 Å². The summed E-state index contributed by atoms with van der Waals surface area (Å²) >= 11 is 0. The van der Waals surface area contributed by atoms with Gasteiger partial charge in [0.25, 0.3) is 0 Å². The second kappa shape index (κ2) is 6.32. The van der Waals surface area contributed by atoms with Crippen LogP contribution in [-0.2, 0) is 20.4 Å². The van der Waals surface area contributed by atoms with E-state index in [9.17, 15) is 13.2 Å². The minimum absolute atomic E-state index is 0.0608. The Bertz CT molecular complexity index is 679. The number of fused-ring (bicyclic) bond motifs is 1. The molecule has 0 bridgehead atoms. The van der Waals surface area contributed by atoms with Crippen molar-refractivity contribution in [1.82, 2.24) is 4.90 Å². The Morgan fingerprint density at radius 2 is 2.04 bits per heavy atom. The molecule has 23 heavy (non-hydrogen) atoms. The van der Waals surface area contributed by atoms with Crippen molar-refractivity contribution in [2.45, 2.75) is 38.3 Å². The molecule has 1 saturated heterocycles. The predicted octanol–water partition coefficient (Wildman–Crippen LogP) is 3.14. The van der Waals surface area contributed by atoms with Crippen LogP contribution < -0.4 is 0 Å². The summed E-state index contributed by atoms with van der Waals surface area (Å²) in [6.07, 6.45) is 2.83. The van der Waals surface area contributed by atoms with E-state index in [0.29, 0.717) is 13.0 Å². The van der Waals surface area contributed by atoms with Crippen LogP contribution in [0.25, 0.3) is 0 Å². The van der Waals surface area contributed by atoms with Crippen molar-refractivity contribution < 1.29 is 17.9 Å². The van der Waals surface area contributed by atoms with Crippen LogP contribution in [0.3, 0.4) is 0 Å². The number of amides is 1. The van der Waals surface area contributed by atoms with Crippen molar-refractivity contribution in [3.8, 4) is 0 Å². The molecule has 2 aliphatic rings. The van der Waals surface area contributed by atoms with Gasteiger partial charge >= 0.3 is 6.09 Å². The largest absolute Gasteiger partial charge is 0.445 e. The van der Waals surface area contributed by atoms with Gasteiger partial charge in [0.15, 0.2) is 0 Å². The smallest absolute Gasteiger partial charge is 0.410 e. The fourth-order valence-electron chi connectivity index (χ4n) is 4.00. The van der Waals surface area contributed by atoms with Gasteiger partial charge in [0.2, 0.25) is 9.05 Å². The number of halogens is 1. The number of carbonyl (C=O) groups is 1. The summed E-state index contributed by atoms with van der Waals surface area (Å²) in [5.74, 6) is -0.0608. The molecule has 2 atom stereocenters. The van der Waals surface area contributed by atoms with Crippen LogP contribution in [0.5, 0.6) is 0 Å². The molecule has 1 amide bonds. The lowest BCUT2D eigenvalue weighted by Gasteiger charge is -2.30. The van der Waals surface area contributed by atoms with Gasteiger partial charge in [-0.15, -0.1) is 0 Å². The van der Waals surface area contributed by atoms with Crippen LogP contribution in [-0.4, -0.2) is 37.8 Å². The fourth-order valence-corrected chi connectivity index (χ4v) is 5.82. The second-order valence-electron chi connectivity index (χ2n) is 6.44. The van der Waals surface area contributed by atoms with E-state index in [0.717, 1.165) is 24.8 Å². The summed E-state index contributed by atoms with van der Waals surface area (Å²) in [5.41, 5.74) is 0.535. The van der Waals surface area contributed by atoms with E-state index in [1.165, 1.54) is 0 Å². The number of carbonyl (C=O) groups excluding carboxylic acids is 1. The maximum atomic E-state index is 12.4. The van der Waals surface area contributed by atoms with Crippen LogP contribution >= 0.6 is 10.7 Å². The Balaban J connectivity index is 1.66. The summed E-state index contributed by atoms with van der Waals surface area (Å²) in [7, 11) is 1.90. The van der Waals surface area contributed by atoms with Crippen molar-refractivity contribution in [2.24, 2.45) is 5.41 Å². The van der Waals surface area contributed by atoms with Crippen molar-refractivity contribution in [3.05, 3.63) is 35.9 Å². The number of rotatable bonds is 4. The maximum absolute atomic E-state index is 12.4. The standard InChI is InChI=1S/C16H20ClNO4S/c17-23(20,21)12-16-8-4-7-14(16)18(10-9-16)15(19)22-11-13-5-2-1-3-6-13/h1-3,5-6,14H,4,7-12H2/t14-,16-/m1/s1. The van der Waals surface area contributed by atoms with Crippen LogP contribution in [0.1, 0.15) is 31.2 Å². The van der Waals surface area contributed by atoms with Gasteiger partial charge in [-0.1, -0.05) is 36.8 Å². The first kappa shape index (κ1) is 16.6. The average molecular weight is 358 g/mol. The minimum atomic E-state index is -3.58. The zero-order chi connectivity index (χ0) is 16.5. The molecule has 0 spiro atoms. The van der Waals surface area contributed by atoms with E-state index in [1.807, 2.05) is 30.3 Å². The number of ether oxygens (including phenoxy) is 1. The second-order valence-corrected chi connectivity index (χ2v) is 9.21. The zero-order valence-electron chi connectivity index (χ0n) is 12.8. The Kier molecular flexibility index (Phi) is 4.56. The minimum Gasteiger partial charge on any atom is -0.445 e. The first-order chi connectivity index (χ1) is 10.9. The SMILES string of the molecule is O=C(OCc1ccccc1)N1CC[C@@]2(CS(=O)(=O)Cl)CCC[C@@H]12. The van der Waals surface area contributed by atoms with Crippen molar-refractivity contribution in [1.29, 1.82) is 0 Å². The van der Waals surface area contributed by atoms with Gasteiger partial charge in [0, 0.05) is 28.7 Å². The molecule has 5 nitrogen and oxygen atoms in total. The normalized spacial score (nSPS) is 27.0. The van der Waals surface area contributed by atoms with Gasteiger partial charge in [-0.3, -0.25) is 0 Å². The molecule has 2 fully saturated rings. The third kappa shape index (κ3) is 3.63. The molecule has 1 aliphatic carbocycles. The molecule has 1 aromatic carbocycles. The molecule has 1 aliphatic heterocycles. The highest BCUT2D eigenvalue weighted by molar-refractivity contribution is 8.13. The Morgan fingerprint density at radius 1 is 1.30 bits per heavy atom. The summed E-state index contributed by atoms with van der Waals surface area (Å²) < 4.78 is 28.5. The number of nitrogens with zero attached hydrogens (tertiary/aromatic N) is 1. The number of benzene rings is 1. The molecular weight excluding hydrogens is 338 g/mol. The van der Waals surface area contributed by atoms with Gasteiger partial charge in [0.1, 0.15) is 6.61 Å². The summed E-state index contributed by atoms with van der Waals surface area (Å²) in [5, 5.41) is 0. The van der Waals surface area contributed by atoms with Gasteiger partial charge in [-0.25, -0.2) is 13.2 Å². The molecule has 0 unspecified atom stereocenters. The highest BCUT2D eigenvalue weighted by Crippen LogP contribution is 2.50. The molecule has 0 aromatic heterocycles. The number of hydrogen-bond acceptors (Lipinski definition) is 4. The van der Waals surface area contributed by atoms with E-state index >= 15 is 0 Å². The molecule has 0 radical (unpaired) electrons. The zero-order valence-corrected chi connectivity index (χ0v) is 14.4. The van der Waals surface area contributed by atoms with E-state index in [4.69, 9.17) is 15.4 Å². The van der Waals surface area contributed by atoms with Crippen LogP contribution in [0.2, 0.25) is 0 Å². The summed E-state index contributed by atoms with van der Waals surface area (Å²) in [4.78, 5) is 14.1.